The van der Waals surface area contributed by atoms with Gasteiger partial charge in [-0.05, 0) is 38.8 Å². The molecule has 74 valence electrons. The van der Waals surface area contributed by atoms with Crippen molar-refractivity contribution in [3.8, 4) is 0 Å². The number of hydrogen-bond donors (Lipinski definition) is 1. The summed E-state index contributed by atoms with van der Waals surface area (Å²) < 4.78 is 0. The number of aromatic nitrogens is 1. The Hall–Kier alpha value is -0.120. The van der Waals surface area contributed by atoms with Crippen LogP contribution < -0.4 is 5.32 Å². The first-order chi connectivity index (χ1) is 5.90. The smallest absolute Gasteiger partial charge is 0.0797 e. The standard InChI is InChI=1S/C9H14N2S.ClH/c1-10-5-7-2-3-8-9(4-7)12-6-11-8;/h6-7,10H,2-5H2,1H3;1H. The summed E-state index contributed by atoms with van der Waals surface area (Å²) in [4.78, 5) is 5.86. The van der Waals surface area contributed by atoms with E-state index in [0.29, 0.717) is 0 Å². The van der Waals surface area contributed by atoms with Crippen LogP contribution >= 0.6 is 23.7 Å². The zero-order valence-corrected chi connectivity index (χ0v) is 9.38. The molecular formula is C9H15ClN2S. The average molecular weight is 219 g/mol. The highest BCUT2D eigenvalue weighted by Crippen LogP contribution is 2.26. The summed E-state index contributed by atoms with van der Waals surface area (Å²) in [6.45, 7) is 1.15. The monoisotopic (exact) mass is 218 g/mol. The van der Waals surface area contributed by atoms with Gasteiger partial charge in [-0.25, -0.2) is 4.98 Å². The Balaban J connectivity index is 0.000000845. The molecule has 0 aliphatic heterocycles. The first kappa shape index (κ1) is 11.0. The zero-order valence-electron chi connectivity index (χ0n) is 7.75. The normalized spacial score (nSPS) is 20.5. The van der Waals surface area contributed by atoms with Crippen molar-refractivity contribution in [2.24, 2.45) is 5.92 Å². The van der Waals surface area contributed by atoms with Crippen molar-refractivity contribution in [2.45, 2.75) is 19.3 Å². The lowest BCUT2D eigenvalue weighted by atomic mass is 9.91. The number of hydrogen-bond acceptors (Lipinski definition) is 3. The third-order valence-electron chi connectivity index (χ3n) is 2.48. The van der Waals surface area contributed by atoms with Crippen LogP contribution in [-0.4, -0.2) is 18.6 Å². The van der Waals surface area contributed by atoms with Gasteiger partial charge >= 0.3 is 0 Å². The molecule has 0 fully saturated rings. The van der Waals surface area contributed by atoms with Crippen molar-refractivity contribution in [2.75, 3.05) is 13.6 Å². The molecule has 2 nitrogen and oxygen atoms in total. The summed E-state index contributed by atoms with van der Waals surface area (Å²) in [7, 11) is 2.03. The summed E-state index contributed by atoms with van der Waals surface area (Å²) >= 11 is 1.82. The Labute approximate surface area is 89.2 Å². The molecular weight excluding hydrogens is 204 g/mol. The van der Waals surface area contributed by atoms with Crippen molar-refractivity contribution in [1.29, 1.82) is 0 Å². The van der Waals surface area contributed by atoms with Crippen LogP contribution in [-0.2, 0) is 12.8 Å². The van der Waals surface area contributed by atoms with Gasteiger partial charge in [0.2, 0.25) is 0 Å². The van der Waals surface area contributed by atoms with E-state index >= 15 is 0 Å². The Morgan fingerprint density at radius 3 is 3.31 bits per heavy atom. The van der Waals surface area contributed by atoms with Crippen LogP contribution in [0.15, 0.2) is 5.51 Å². The maximum atomic E-state index is 4.35. The second-order valence-corrected chi connectivity index (χ2v) is 4.33. The number of aryl methyl sites for hydroxylation is 1. The number of halogens is 1. The van der Waals surface area contributed by atoms with E-state index in [-0.39, 0.29) is 12.4 Å². The number of fused-ring (bicyclic) bond motifs is 1. The Kier molecular flexibility index (Phi) is 4.16. The molecule has 1 unspecified atom stereocenters. The van der Waals surface area contributed by atoms with Gasteiger partial charge < -0.3 is 5.32 Å². The topological polar surface area (TPSA) is 24.9 Å². The van der Waals surface area contributed by atoms with E-state index in [9.17, 15) is 0 Å². The fraction of sp³-hybridized carbons (Fsp3) is 0.667. The molecule has 0 amide bonds. The van der Waals surface area contributed by atoms with Crippen molar-refractivity contribution in [3.63, 3.8) is 0 Å². The number of rotatable bonds is 2. The molecule has 1 atom stereocenters. The Bertz CT molecular complexity index is 262. The molecule has 1 aromatic heterocycles. The highest BCUT2D eigenvalue weighted by atomic mass is 35.5. The average Bonchev–Trinajstić information content (AvgIpc) is 2.51. The van der Waals surface area contributed by atoms with E-state index in [4.69, 9.17) is 0 Å². The Morgan fingerprint density at radius 2 is 2.54 bits per heavy atom. The highest BCUT2D eigenvalue weighted by molar-refractivity contribution is 7.09. The minimum Gasteiger partial charge on any atom is -0.319 e. The summed E-state index contributed by atoms with van der Waals surface area (Å²) in [5, 5.41) is 3.24. The third kappa shape index (κ3) is 2.42. The van der Waals surface area contributed by atoms with Gasteiger partial charge in [0, 0.05) is 4.88 Å². The fourth-order valence-electron chi connectivity index (χ4n) is 1.83. The van der Waals surface area contributed by atoms with Crippen LogP contribution in [0.1, 0.15) is 17.0 Å². The van der Waals surface area contributed by atoms with Crippen LogP contribution in [0.25, 0.3) is 0 Å². The third-order valence-corrected chi connectivity index (χ3v) is 3.38. The van der Waals surface area contributed by atoms with Crippen LogP contribution in [0.5, 0.6) is 0 Å². The van der Waals surface area contributed by atoms with Gasteiger partial charge in [-0.15, -0.1) is 23.7 Å². The van der Waals surface area contributed by atoms with E-state index in [1.165, 1.54) is 29.8 Å². The lowest BCUT2D eigenvalue weighted by Crippen LogP contribution is -2.24. The first-order valence-electron chi connectivity index (χ1n) is 4.46. The van der Waals surface area contributed by atoms with Gasteiger partial charge in [0.05, 0.1) is 11.2 Å². The second-order valence-electron chi connectivity index (χ2n) is 3.39. The predicted octanol–water partition coefficient (Wildman–Crippen LogP) is 1.89. The van der Waals surface area contributed by atoms with E-state index in [0.717, 1.165) is 12.5 Å². The number of thiazole rings is 1. The molecule has 0 saturated heterocycles. The maximum Gasteiger partial charge on any atom is 0.0797 e. The molecule has 1 aliphatic rings. The summed E-state index contributed by atoms with van der Waals surface area (Å²) in [6.07, 6.45) is 3.73. The van der Waals surface area contributed by atoms with Crippen LogP contribution in [0.3, 0.4) is 0 Å². The molecule has 1 aromatic rings. The van der Waals surface area contributed by atoms with Gasteiger partial charge in [0.1, 0.15) is 0 Å². The molecule has 4 heteroatoms. The SMILES string of the molecule is CNCC1CCc2ncsc2C1.Cl. The lowest BCUT2D eigenvalue weighted by Gasteiger charge is -2.20. The van der Waals surface area contributed by atoms with Crippen molar-refractivity contribution in [3.05, 3.63) is 16.1 Å². The molecule has 0 radical (unpaired) electrons. The predicted molar refractivity (Wildman–Crippen MR) is 58.8 cm³/mol. The van der Waals surface area contributed by atoms with Crippen molar-refractivity contribution >= 4 is 23.7 Å². The summed E-state index contributed by atoms with van der Waals surface area (Å²) in [5.41, 5.74) is 3.33. The van der Waals surface area contributed by atoms with Gasteiger partial charge in [0.15, 0.2) is 0 Å². The zero-order chi connectivity index (χ0) is 8.39. The van der Waals surface area contributed by atoms with E-state index in [2.05, 4.69) is 10.3 Å². The quantitative estimate of drug-likeness (QED) is 0.820. The van der Waals surface area contributed by atoms with E-state index in [1.54, 1.807) is 0 Å². The Morgan fingerprint density at radius 1 is 1.69 bits per heavy atom. The van der Waals surface area contributed by atoms with E-state index in [1.807, 2.05) is 23.9 Å². The molecule has 2 rings (SSSR count). The van der Waals surface area contributed by atoms with Gasteiger partial charge in [-0.1, -0.05) is 0 Å². The summed E-state index contributed by atoms with van der Waals surface area (Å²) in [5.74, 6) is 0.836. The molecule has 0 saturated carbocycles. The van der Waals surface area contributed by atoms with Crippen molar-refractivity contribution < 1.29 is 0 Å². The maximum absolute atomic E-state index is 4.35. The van der Waals surface area contributed by atoms with E-state index < -0.39 is 0 Å². The molecule has 13 heavy (non-hydrogen) atoms. The number of nitrogens with one attached hydrogen (secondary N) is 1. The fourth-order valence-corrected chi connectivity index (χ4v) is 2.76. The molecule has 1 aliphatic carbocycles. The van der Waals surface area contributed by atoms with Gasteiger partial charge in [0.25, 0.3) is 0 Å². The molecule has 1 heterocycles. The molecule has 0 bridgehead atoms. The highest BCUT2D eigenvalue weighted by Gasteiger charge is 2.19. The largest absolute Gasteiger partial charge is 0.319 e. The minimum atomic E-state index is 0. The second kappa shape index (κ2) is 4.94. The minimum absolute atomic E-state index is 0. The molecule has 0 aromatic carbocycles. The van der Waals surface area contributed by atoms with Crippen LogP contribution in [0.4, 0.5) is 0 Å². The molecule has 0 spiro atoms. The van der Waals surface area contributed by atoms with Crippen LogP contribution in [0.2, 0.25) is 0 Å². The lowest BCUT2D eigenvalue weighted by molar-refractivity contribution is 0.441. The van der Waals surface area contributed by atoms with Crippen molar-refractivity contribution in [1.82, 2.24) is 10.3 Å². The first-order valence-corrected chi connectivity index (χ1v) is 5.34. The molecule has 1 N–H and O–H groups in total. The van der Waals surface area contributed by atoms with Gasteiger partial charge in [-0.2, -0.15) is 0 Å². The van der Waals surface area contributed by atoms with Crippen LogP contribution in [0, 0.1) is 5.92 Å². The van der Waals surface area contributed by atoms with Gasteiger partial charge in [-0.3, -0.25) is 0 Å². The number of nitrogens with zero attached hydrogens (tertiary/aromatic N) is 1. The summed E-state index contributed by atoms with van der Waals surface area (Å²) in [6, 6.07) is 0.